The fraction of sp³-hybridized carbons (Fsp3) is 0.360. The SMILES string of the molecule is [C-]#[N+]C1CC(CC#N)(n2cc(-c3ccnc(Nc4ccc(N5CCCCC5=O)cc4)n3)cn2)C1. The van der Waals surface area contributed by atoms with Crippen molar-refractivity contribution in [2.24, 2.45) is 0 Å². The highest BCUT2D eigenvalue weighted by atomic mass is 16.2. The highest BCUT2D eigenvalue weighted by molar-refractivity contribution is 5.94. The molecule has 1 saturated carbocycles. The molecular formula is C25H24N8O. The van der Waals surface area contributed by atoms with E-state index in [1.165, 1.54) is 0 Å². The monoisotopic (exact) mass is 452 g/mol. The number of rotatable bonds is 6. The van der Waals surface area contributed by atoms with Crippen molar-refractivity contribution in [3.8, 4) is 17.3 Å². The highest BCUT2D eigenvalue weighted by Crippen LogP contribution is 2.44. The molecule has 34 heavy (non-hydrogen) atoms. The summed E-state index contributed by atoms with van der Waals surface area (Å²) < 4.78 is 1.82. The number of carbonyl (C=O) groups excluding carboxylic acids is 1. The molecule has 3 aromatic rings. The zero-order valence-electron chi connectivity index (χ0n) is 18.7. The molecule has 0 atom stereocenters. The summed E-state index contributed by atoms with van der Waals surface area (Å²) in [4.78, 5) is 26.5. The number of nitrogens with zero attached hydrogens (tertiary/aromatic N) is 7. The molecular weight excluding hydrogens is 428 g/mol. The second-order valence-corrected chi connectivity index (χ2v) is 8.86. The van der Waals surface area contributed by atoms with E-state index in [-0.39, 0.29) is 11.9 Å². The number of nitrogens with one attached hydrogen (secondary N) is 1. The molecule has 2 fully saturated rings. The maximum atomic E-state index is 12.2. The summed E-state index contributed by atoms with van der Waals surface area (Å²) in [5.74, 6) is 0.627. The molecule has 1 N–H and O–H groups in total. The van der Waals surface area contributed by atoms with E-state index in [1.54, 1.807) is 12.4 Å². The Hall–Kier alpha value is -4.24. The standard InChI is InChI=1S/C25H24N8O/c1-27-20-14-25(15-20,10-11-26)33-17-18(16-29-33)22-9-12-28-24(31-22)30-19-5-7-21(8-6-19)32-13-3-2-4-23(32)34/h5-9,12,16-17,20H,2-4,10,13-15H2,(H,28,30,31). The van der Waals surface area contributed by atoms with Gasteiger partial charge in [-0.25, -0.2) is 16.5 Å². The minimum Gasteiger partial charge on any atom is -0.324 e. The number of anilines is 3. The number of amides is 1. The number of benzene rings is 1. The van der Waals surface area contributed by atoms with Gasteiger partial charge in [0.2, 0.25) is 17.9 Å². The lowest BCUT2D eigenvalue weighted by Crippen LogP contribution is -2.48. The molecule has 9 heteroatoms. The van der Waals surface area contributed by atoms with Crippen LogP contribution in [0.15, 0.2) is 48.9 Å². The number of nitriles is 1. The van der Waals surface area contributed by atoms with Crippen molar-refractivity contribution < 1.29 is 4.79 Å². The maximum Gasteiger partial charge on any atom is 0.228 e. The van der Waals surface area contributed by atoms with Crippen molar-refractivity contribution >= 4 is 23.2 Å². The molecule has 2 aromatic heterocycles. The molecule has 9 nitrogen and oxygen atoms in total. The van der Waals surface area contributed by atoms with Crippen LogP contribution < -0.4 is 10.2 Å². The number of hydrogen-bond donors (Lipinski definition) is 1. The van der Waals surface area contributed by atoms with E-state index in [2.05, 4.69) is 31.3 Å². The summed E-state index contributed by atoms with van der Waals surface area (Å²) in [7, 11) is 0. The first-order valence-corrected chi connectivity index (χ1v) is 11.4. The van der Waals surface area contributed by atoms with Crippen LogP contribution >= 0.6 is 0 Å². The van der Waals surface area contributed by atoms with Gasteiger partial charge in [-0.1, -0.05) is 0 Å². The zero-order valence-corrected chi connectivity index (χ0v) is 18.7. The summed E-state index contributed by atoms with van der Waals surface area (Å²) in [6.45, 7) is 7.99. The predicted molar refractivity (Wildman–Crippen MR) is 127 cm³/mol. The first-order valence-electron chi connectivity index (χ1n) is 11.4. The average molecular weight is 453 g/mol. The van der Waals surface area contributed by atoms with Gasteiger partial charge in [0.1, 0.15) is 0 Å². The van der Waals surface area contributed by atoms with Crippen LogP contribution in [0.3, 0.4) is 0 Å². The van der Waals surface area contributed by atoms with Crippen molar-refractivity contribution in [2.45, 2.75) is 50.1 Å². The Morgan fingerprint density at radius 3 is 2.79 bits per heavy atom. The Kier molecular flexibility index (Phi) is 5.69. The van der Waals surface area contributed by atoms with E-state index in [0.717, 1.165) is 36.3 Å². The Morgan fingerprint density at radius 1 is 1.24 bits per heavy atom. The van der Waals surface area contributed by atoms with Crippen molar-refractivity contribution in [3.63, 3.8) is 0 Å². The summed E-state index contributed by atoms with van der Waals surface area (Å²) >= 11 is 0. The van der Waals surface area contributed by atoms with Gasteiger partial charge in [0.15, 0.2) is 0 Å². The summed E-state index contributed by atoms with van der Waals surface area (Å²) in [6.07, 6.45) is 9.52. The Bertz CT molecular complexity index is 1280. The smallest absolute Gasteiger partial charge is 0.228 e. The van der Waals surface area contributed by atoms with E-state index in [1.807, 2.05) is 46.1 Å². The molecule has 1 aromatic carbocycles. The molecule has 1 aliphatic heterocycles. The van der Waals surface area contributed by atoms with E-state index in [9.17, 15) is 10.1 Å². The molecule has 5 rings (SSSR count). The van der Waals surface area contributed by atoms with Crippen LogP contribution in [0.2, 0.25) is 0 Å². The van der Waals surface area contributed by atoms with Crippen LogP contribution in [0.1, 0.15) is 38.5 Å². The average Bonchev–Trinajstić information content (AvgIpc) is 3.33. The number of aromatic nitrogens is 4. The Labute approximate surface area is 197 Å². The largest absolute Gasteiger partial charge is 0.324 e. The fourth-order valence-corrected chi connectivity index (χ4v) is 4.70. The van der Waals surface area contributed by atoms with Gasteiger partial charge in [0.25, 0.3) is 0 Å². The van der Waals surface area contributed by atoms with Gasteiger partial charge in [-0.05, 0) is 43.2 Å². The normalized spacial score (nSPS) is 21.9. The third-order valence-corrected chi connectivity index (χ3v) is 6.60. The Morgan fingerprint density at radius 2 is 2.06 bits per heavy atom. The molecule has 0 bridgehead atoms. The lowest BCUT2D eigenvalue weighted by molar-refractivity contribution is -0.119. The number of piperidine rings is 1. The molecule has 170 valence electrons. The lowest BCUT2D eigenvalue weighted by atomic mass is 9.71. The van der Waals surface area contributed by atoms with E-state index in [0.29, 0.717) is 37.3 Å². The minimum absolute atomic E-state index is 0.0460. The molecule has 1 saturated heterocycles. The molecule has 0 radical (unpaired) electrons. The minimum atomic E-state index is -0.409. The second kappa shape index (κ2) is 8.95. The Balaban J connectivity index is 1.31. The van der Waals surface area contributed by atoms with E-state index < -0.39 is 5.54 Å². The van der Waals surface area contributed by atoms with Crippen LogP contribution in [-0.4, -0.2) is 38.2 Å². The molecule has 2 aliphatic rings. The van der Waals surface area contributed by atoms with Gasteiger partial charge in [-0.2, -0.15) is 10.4 Å². The third-order valence-electron chi connectivity index (χ3n) is 6.60. The summed E-state index contributed by atoms with van der Waals surface area (Å²) in [6, 6.07) is 11.7. The van der Waals surface area contributed by atoms with Crippen molar-refractivity contribution in [1.29, 1.82) is 5.26 Å². The number of hydrogen-bond acceptors (Lipinski definition) is 6. The van der Waals surface area contributed by atoms with Gasteiger partial charge in [0.05, 0.1) is 29.9 Å². The van der Waals surface area contributed by atoms with Crippen LogP contribution in [0.25, 0.3) is 16.1 Å². The lowest BCUT2D eigenvalue weighted by Gasteiger charge is -2.40. The van der Waals surface area contributed by atoms with Crippen LogP contribution in [0.5, 0.6) is 0 Å². The summed E-state index contributed by atoms with van der Waals surface area (Å²) in [5, 5.41) is 17.0. The molecule has 3 heterocycles. The van der Waals surface area contributed by atoms with Crippen molar-refractivity contribution in [3.05, 3.63) is 60.3 Å². The zero-order chi connectivity index (χ0) is 23.5. The highest BCUT2D eigenvalue weighted by Gasteiger charge is 2.50. The molecule has 0 spiro atoms. The van der Waals surface area contributed by atoms with E-state index >= 15 is 0 Å². The first kappa shape index (κ1) is 21.6. The van der Waals surface area contributed by atoms with Crippen LogP contribution in [-0.2, 0) is 10.3 Å². The number of carbonyl (C=O) groups is 1. The second-order valence-electron chi connectivity index (χ2n) is 8.86. The predicted octanol–water partition coefficient (Wildman–Crippen LogP) is 4.29. The summed E-state index contributed by atoms with van der Waals surface area (Å²) in [5.41, 5.74) is 2.86. The molecule has 0 unspecified atom stereocenters. The third kappa shape index (κ3) is 4.08. The van der Waals surface area contributed by atoms with E-state index in [4.69, 9.17) is 6.57 Å². The quantitative estimate of drug-likeness (QED) is 0.560. The van der Waals surface area contributed by atoms with Crippen molar-refractivity contribution in [1.82, 2.24) is 19.7 Å². The van der Waals surface area contributed by atoms with Crippen molar-refractivity contribution in [2.75, 3.05) is 16.8 Å². The van der Waals surface area contributed by atoms with Gasteiger partial charge in [-0.3, -0.25) is 9.48 Å². The maximum absolute atomic E-state index is 12.2. The van der Waals surface area contributed by atoms with Gasteiger partial charge >= 0.3 is 0 Å². The van der Waals surface area contributed by atoms with Gasteiger partial charge < -0.3 is 15.1 Å². The topological polar surface area (TPSA) is 104 Å². The van der Waals surface area contributed by atoms with Gasteiger partial charge in [-0.15, -0.1) is 0 Å². The molecule has 1 amide bonds. The van der Waals surface area contributed by atoms with Gasteiger partial charge in [0, 0.05) is 55.1 Å². The first-order chi connectivity index (χ1) is 16.6. The molecule has 1 aliphatic carbocycles. The van der Waals surface area contributed by atoms with Crippen LogP contribution in [0, 0.1) is 17.9 Å². The van der Waals surface area contributed by atoms with Crippen LogP contribution in [0.4, 0.5) is 17.3 Å². The fourth-order valence-electron chi connectivity index (χ4n) is 4.70.